The van der Waals surface area contributed by atoms with Crippen LogP contribution in [0.15, 0.2) is 59.1 Å². The lowest BCUT2D eigenvalue weighted by Gasteiger charge is -2.14. The molecule has 0 aliphatic rings. The van der Waals surface area contributed by atoms with Gasteiger partial charge in [-0.3, -0.25) is 4.79 Å². The molecule has 11 heteroatoms. The summed E-state index contributed by atoms with van der Waals surface area (Å²) >= 11 is 7.20. The van der Waals surface area contributed by atoms with E-state index in [-0.39, 0.29) is 15.6 Å². The highest BCUT2D eigenvalue weighted by molar-refractivity contribution is 7.89. The smallest absolute Gasteiger partial charge is 0.350 e. The van der Waals surface area contributed by atoms with Gasteiger partial charge in [-0.1, -0.05) is 11.6 Å². The zero-order valence-corrected chi connectivity index (χ0v) is 18.4. The highest BCUT2D eigenvalue weighted by Crippen LogP contribution is 2.27. The van der Waals surface area contributed by atoms with Gasteiger partial charge in [0, 0.05) is 32.2 Å². The molecule has 0 aliphatic heterocycles. The summed E-state index contributed by atoms with van der Waals surface area (Å²) in [5, 5.41) is 4.29. The van der Waals surface area contributed by atoms with E-state index >= 15 is 0 Å². The first-order valence-electron chi connectivity index (χ1n) is 8.60. The number of aromatic nitrogens is 1. The lowest BCUT2D eigenvalue weighted by molar-refractivity contribution is -0.119. The van der Waals surface area contributed by atoms with Crippen molar-refractivity contribution in [2.45, 2.75) is 4.90 Å². The van der Waals surface area contributed by atoms with E-state index in [1.807, 2.05) is 12.1 Å². The zero-order chi connectivity index (χ0) is 21.9. The fraction of sp³-hybridized carbons (Fsp3) is 0.158. The summed E-state index contributed by atoms with van der Waals surface area (Å²) in [6.45, 7) is -0.528. The van der Waals surface area contributed by atoms with Crippen LogP contribution >= 0.6 is 22.9 Å². The third-order valence-electron chi connectivity index (χ3n) is 4.02. The van der Waals surface area contributed by atoms with Crippen molar-refractivity contribution in [3.8, 4) is 5.69 Å². The Morgan fingerprint density at radius 3 is 2.57 bits per heavy atom. The standard InChI is InChI=1S/C19H18ClN3O5S2/c1-22(2)30(26,27)16-11-13(5-6-14(16)20)21-17(24)12-28-19(25)18-15(7-10-29-18)23-8-3-4-9-23/h3-11H,12H2,1-2H3,(H,21,24). The van der Waals surface area contributed by atoms with E-state index in [9.17, 15) is 18.0 Å². The summed E-state index contributed by atoms with van der Waals surface area (Å²) in [4.78, 5) is 24.8. The number of nitrogens with zero attached hydrogens (tertiary/aromatic N) is 2. The summed E-state index contributed by atoms with van der Waals surface area (Å²) in [5.41, 5.74) is 0.872. The van der Waals surface area contributed by atoms with Gasteiger partial charge in [0.25, 0.3) is 5.91 Å². The Labute approximate surface area is 182 Å². The molecule has 0 saturated heterocycles. The number of benzene rings is 1. The number of sulfonamides is 1. The van der Waals surface area contributed by atoms with Gasteiger partial charge in [0.15, 0.2) is 6.61 Å². The molecule has 0 bridgehead atoms. The Kier molecular flexibility index (Phi) is 6.61. The van der Waals surface area contributed by atoms with E-state index in [1.165, 1.54) is 43.6 Å². The Hall–Kier alpha value is -2.66. The number of halogens is 1. The average molecular weight is 468 g/mol. The summed E-state index contributed by atoms with van der Waals surface area (Å²) in [5.74, 6) is -1.24. The fourth-order valence-corrected chi connectivity index (χ4v) is 4.70. The van der Waals surface area contributed by atoms with Gasteiger partial charge in [0.05, 0.1) is 10.7 Å². The molecule has 0 aliphatic carbocycles. The van der Waals surface area contributed by atoms with Crippen LogP contribution in [0.5, 0.6) is 0 Å². The van der Waals surface area contributed by atoms with Gasteiger partial charge in [-0.05, 0) is 41.8 Å². The molecule has 1 N–H and O–H groups in total. The molecule has 0 radical (unpaired) electrons. The van der Waals surface area contributed by atoms with Crippen molar-refractivity contribution in [1.29, 1.82) is 0 Å². The van der Waals surface area contributed by atoms with Gasteiger partial charge in [0.2, 0.25) is 10.0 Å². The quantitative estimate of drug-likeness (QED) is 0.538. The van der Waals surface area contributed by atoms with Crippen LogP contribution in [0.3, 0.4) is 0 Å². The molecule has 8 nitrogen and oxygen atoms in total. The Morgan fingerprint density at radius 2 is 1.90 bits per heavy atom. The molecule has 2 aromatic heterocycles. The van der Waals surface area contributed by atoms with Crippen molar-refractivity contribution in [2.24, 2.45) is 0 Å². The maximum Gasteiger partial charge on any atom is 0.350 e. The second kappa shape index (κ2) is 9.00. The third kappa shape index (κ3) is 4.73. The Balaban J connectivity index is 1.66. The van der Waals surface area contributed by atoms with Crippen LogP contribution in [0.2, 0.25) is 5.02 Å². The lowest BCUT2D eigenvalue weighted by atomic mass is 10.3. The lowest BCUT2D eigenvalue weighted by Crippen LogP contribution is -2.23. The van der Waals surface area contributed by atoms with Crippen LogP contribution in [0, 0.1) is 0 Å². The number of carbonyl (C=O) groups is 2. The van der Waals surface area contributed by atoms with Crippen LogP contribution in [0.25, 0.3) is 5.69 Å². The highest BCUT2D eigenvalue weighted by atomic mass is 35.5. The predicted octanol–water partition coefficient (Wildman–Crippen LogP) is 3.24. The van der Waals surface area contributed by atoms with Crippen molar-refractivity contribution in [3.63, 3.8) is 0 Å². The minimum absolute atomic E-state index is 0.0309. The van der Waals surface area contributed by atoms with Crippen LogP contribution in [0.4, 0.5) is 5.69 Å². The van der Waals surface area contributed by atoms with Gasteiger partial charge in [-0.25, -0.2) is 17.5 Å². The molecule has 2 heterocycles. The Morgan fingerprint density at radius 1 is 1.20 bits per heavy atom. The number of rotatable bonds is 7. The zero-order valence-electron chi connectivity index (χ0n) is 16.0. The van der Waals surface area contributed by atoms with Crippen LogP contribution in [-0.4, -0.2) is 49.9 Å². The largest absolute Gasteiger partial charge is 0.451 e. The molecule has 0 saturated carbocycles. The van der Waals surface area contributed by atoms with Gasteiger partial charge in [-0.2, -0.15) is 0 Å². The van der Waals surface area contributed by atoms with E-state index in [1.54, 1.807) is 28.4 Å². The number of carbonyl (C=O) groups excluding carboxylic acids is 2. The molecule has 1 aromatic carbocycles. The van der Waals surface area contributed by atoms with Crippen molar-refractivity contribution in [2.75, 3.05) is 26.0 Å². The number of thiophene rings is 1. The monoisotopic (exact) mass is 467 g/mol. The Bertz CT molecular complexity index is 1170. The average Bonchev–Trinajstić information content (AvgIpc) is 3.38. The number of ether oxygens (including phenoxy) is 1. The molecular weight excluding hydrogens is 450 g/mol. The van der Waals surface area contributed by atoms with Crippen LogP contribution in [-0.2, 0) is 19.6 Å². The summed E-state index contributed by atoms with van der Waals surface area (Å²) in [7, 11) is -1.03. The molecule has 3 aromatic rings. The van der Waals surface area contributed by atoms with E-state index in [0.717, 1.165) is 4.31 Å². The van der Waals surface area contributed by atoms with E-state index in [2.05, 4.69) is 5.32 Å². The SMILES string of the molecule is CN(C)S(=O)(=O)c1cc(NC(=O)COC(=O)c2sccc2-n2cccc2)ccc1Cl. The van der Waals surface area contributed by atoms with Crippen molar-refractivity contribution in [1.82, 2.24) is 8.87 Å². The third-order valence-corrected chi connectivity index (χ3v) is 7.20. The first kappa shape index (κ1) is 22.0. The van der Waals surface area contributed by atoms with Crippen molar-refractivity contribution < 1.29 is 22.7 Å². The van der Waals surface area contributed by atoms with Crippen LogP contribution < -0.4 is 5.32 Å². The second-order valence-corrected chi connectivity index (χ2v) is 9.73. The number of amides is 1. The molecule has 0 unspecified atom stereocenters. The van der Waals surface area contributed by atoms with E-state index in [0.29, 0.717) is 10.6 Å². The molecular formula is C19H18ClN3O5S2. The van der Waals surface area contributed by atoms with Crippen LogP contribution in [0.1, 0.15) is 9.67 Å². The molecule has 158 valence electrons. The number of hydrogen-bond acceptors (Lipinski definition) is 6. The fourth-order valence-electron chi connectivity index (χ4n) is 2.52. The number of anilines is 1. The summed E-state index contributed by atoms with van der Waals surface area (Å²) in [6, 6.07) is 9.52. The van der Waals surface area contributed by atoms with Crippen molar-refractivity contribution >= 4 is 50.5 Å². The molecule has 3 rings (SSSR count). The van der Waals surface area contributed by atoms with Gasteiger partial charge in [-0.15, -0.1) is 11.3 Å². The highest BCUT2D eigenvalue weighted by Gasteiger charge is 2.22. The normalized spacial score (nSPS) is 11.5. The maximum absolute atomic E-state index is 12.4. The molecule has 1 amide bonds. The molecule has 0 fully saturated rings. The van der Waals surface area contributed by atoms with Gasteiger partial charge in [0.1, 0.15) is 9.77 Å². The minimum atomic E-state index is -3.78. The topological polar surface area (TPSA) is 97.7 Å². The second-order valence-electron chi connectivity index (χ2n) is 6.28. The van der Waals surface area contributed by atoms with E-state index in [4.69, 9.17) is 16.3 Å². The molecule has 0 atom stereocenters. The first-order chi connectivity index (χ1) is 14.2. The summed E-state index contributed by atoms with van der Waals surface area (Å²) in [6.07, 6.45) is 3.59. The number of nitrogens with one attached hydrogen (secondary N) is 1. The minimum Gasteiger partial charge on any atom is -0.451 e. The van der Waals surface area contributed by atoms with E-state index < -0.39 is 28.5 Å². The maximum atomic E-state index is 12.4. The van der Waals surface area contributed by atoms with Gasteiger partial charge < -0.3 is 14.6 Å². The predicted molar refractivity (Wildman–Crippen MR) is 115 cm³/mol. The van der Waals surface area contributed by atoms with Gasteiger partial charge >= 0.3 is 5.97 Å². The molecule has 0 spiro atoms. The number of esters is 1. The first-order valence-corrected chi connectivity index (χ1v) is 11.3. The van der Waals surface area contributed by atoms with Crippen molar-refractivity contribution in [3.05, 3.63) is 64.1 Å². The molecule has 30 heavy (non-hydrogen) atoms. The number of hydrogen-bond donors (Lipinski definition) is 1. The summed E-state index contributed by atoms with van der Waals surface area (Å²) < 4.78 is 32.6.